The molecule has 0 radical (unpaired) electrons. The lowest BCUT2D eigenvalue weighted by Gasteiger charge is -2.04. The number of hydrogen-bond donors (Lipinski definition) is 0. The molecule has 0 aliphatic carbocycles. The molecule has 0 aromatic heterocycles. The Morgan fingerprint density at radius 2 is 0.667 bits per heavy atom. The lowest BCUT2D eigenvalue weighted by atomic mass is 10.9. The zero-order valence-corrected chi connectivity index (χ0v) is 20.3. The summed E-state index contributed by atoms with van der Waals surface area (Å²) >= 11 is 19.4. The molecule has 0 fully saturated rings. The van der Waals surface area contributed by atoms with Gasteiger partial charge in [-0.25, -0.2) is 0 Å². The van der Waals surface area contributed by atoms with E-state index in [-0.39, 0.29) is 0 Å². The van der Waals surface area contributed by atoms with Gasteiger partial charge in [-0.05, 0) is 76.6 Å². The predicted molar refractivity (Wildman–Crippen MR) is 127 cm³/mol. The molecule has 4 nitrogen and oxygen atoms in total. The largest absolute Gasteiger partial charge is 0.478 e. The van der Waals surface area contributed by atoms with E-state index >= 15 is 0 Å². The van der Waals surface area contributed by atoms with E-state index in [9.17, 15) is 0 Å². The average Bonchev–Trinajstić information content (AvgIpc) is 2.53. The molecule has 0 aromatic rings. The molecule has 0 saturated heterocycles. The van der Waals surface area contributed by atoms with E-state index in [4.69, 9.17) is 67.8 Å². The summed E-state index contributed by atoms with van der Waals surface area (Å²) in [6.45, 7) is 9.91. The van der Waals surface area contributed by atoms with Crippen LogP contribution in [0.2, 0.25) is 0 Å². The van der Waals surface area contributed by atoms with Crippen LogP contribution in [0.1, 0.15) is 27.7 Å². The van der Waals surface area contributed by atoms with Crippen molar-refractivity contribution < 1.29 is 18.9 Å². The second-order valence-corrected chi connectivity index (χ2v) is 9.73. The fourth-order valence-electron chi connectivity index (χ4n) is 0.704. The Kier molecular flexibility index (Phi) is 23.0. The highest BCUT2D eigenvalue weighted by atomic mass is 33.1. The van der Waals surface area contributed by atoms with Crippen LogP contribution in [0.5, 0.6) is 0 Å². The van der Waals surface area contributed by atoms with Gasteiger partial charge in [0.1, 0.15) is 0 Å². The molecule has 0 aliphatic heterocycles. The fourth-order valence-corrected chi connectivity index (χ4v) is 4.73. The summed E-state index contributed by atoms with van der Waals surface area (Å²) in [5.41, 5.74) is 0. The quantitative estimate of drug-likeness (QED) is 0.346. The first-order valence-electron chi connectivity index (χ1n) is 6.77. The molecule has 0 atom stereocenters. The monoisotopic (exact) mass is 484 g/mol. The van der Waals surface area contributed by atoms with Gasteiger partial charge >= 0.3 is 0 Å². The third-order valence-electron chi connectivity index (χ3n) is 1.40. The van der Waals surface area contributed by atoms with Gasteiger partial charge in [0.05, 0.1) is 26.4 Å². The van der Waals surface area contributed by atoms with Crippen molar-refractivity contribution >= 4 is 110 Å². The molecule has 12 heteroatoms. The Morgan fingerprint density at radius 1 is 0.500 bits per heavy atom. The van der Waals surface area contributed by atoms with E-state index in [0.717, 1.165) is 0 Å². The molecule has 0 aromatic carbocycles. The van der Waals surface area contributed by atoms with E-state index in [2.05, 4.69) is 0 Å². The molecule has 0 bridgehead atoms. The fraction of sp³-hybridized carbons (Fsp3) is 0.667. The maximum atomic E-state index is 5.03. The smallest absolute Gasteiger partial charge is 0.231 e. The highest BCUT2D eigenvalue weighted by molar-refractivity contribution is 8.89. The van der Waals surface area contributed by atoms with E-state index in [1.54, 1.807) is 0 Å². The molecule has 0 saturated carbocycles. The van der Waals surface area contributed by atoms with Crippen LogP contribution in [0.4, 0.5) is 0 Å². The van der Waals surface area contributed by atoms with Crippen LogP contribution in [0.15, 0.2) is 0 Å². The zero-order chi connectivity index (χ0) is 18.8. The summed E-state index contributed by atoms with van der Waals surface area (Å²) in [6.07, 6.45) is 0. The van der Waals surface area contributed by atoms with Gasteiger partial charge < -0.3 is 18.9 Å². The molecule has 0 unspecified atom stereocenters. The minimum Gasteiger partial charge on any atom is -0.478 e. The number of thiocarbonyl (C=S) groups is 4. The van der Waals surface area contributed by atoms with E-state index in [1.165, 1.54) is 43.2 Å². The first-order chi connectivity index (χ1) is 11.4. The maximum absolute atomic E-state index is 5.03. The van der Waals surface area contributed by atoms with E-state index in [0.29, 0.717) is 44.0 Å². The highest BCUT2D eigenvalue weighted by Gasteiger charge is 2.03. The van der Waals surface area contributed by atoms with Crippen LogP contribution in [0.25, 0.3) is 0 Å². The van der Waals surface area contributed by atoms with Crippen LogP contribution in [-0.2, 0) is 18.9 Å². The first-order valence-corrected chi connectivity index (χ1v) is 12.7. The van der Waals surface area contributed by atoms with Crippen molar-refractivity contribution in [1.82, 2.24) is 0 Å². The van der Waals surface area contributed by atoms with Gasteiger partial charge in [0, 0.05) is 43.2 Å². The van der Waals surface area contributed by atoms with Crippen LogP contribution < -0.4 is 0 Å². The van der Waals surface area contributed by atoms with Crippen molar-refractivity contribution in [3.63, 3.8) is 0 Å². The van der Waals surface area contributed by atoms with Crippen molar-refractivity contribution in [2.45, 2.75) is 27.7 Å². The minimum atomic E-state index is 0.490. The molecule has 0 N–H and O–H groups in total. The van der Waals surface area contributed by atoms with Crippen LogP contribution in [0.3, 0.4) is 0 Å². The van der Waals surface area contributed by atoms with Gasteiger partial charge in [0.25, 0.3) is 0 Å². The van der Waals surface area contributed by atoms with Gasteiger partial charge in [-0.2, -0.15) is 0 Å². The summed E-state index contributed by atoms with van der Waals surface area (Å²) in [5, 5.41) is 0. The Bertz CT molecular complexity index is 319. The Hall–Kier alpha value is 0.960. The van der Waals surface area contributed by atoms with Gasteiger partial charge in [0.2, 0.25) is 17.5 Å². The summed E-state index contributed by atoms with van der Waals surface area (Å²) in [4.78, 5) is 0. The molecule has 24 heavy (non-hydrogen) atoms. The van der Waals surface area contributed by atoms with Crippen LogP contribution in [-0.4, -0.2) is 44.0 Å². The Balaban J connectivity index is 0. The van der Waals surface area contributed by atoms with Crippen LogP contribution >= 0.6 is 92.0 Å². The van der Waals surface area contributed by atoms with Crippen LogP contribution in [0, 0.1) is 0 Å². The van der Waals surface area contributed by atoms with Crippen molar-refractivity contribution in [3.8, 4) is 0 Å². The van der Waals surface area contributed by atoms with Gasteiger partial charge in [-0.3, -0.25) is 0 Å². The third kappa shape index (κ3) is 21.0. The average molecular weight is 485 g/mol. The molecule has 0 rings (SSSR count). The standard InChI is InChI=1S/2C6H10O2S4/c2*1-3-7-5(9)11-12-6(10)8-4-2/h2*3-4H2,1-2H3. The summed E-state index contributed by atoms with van der Waals surface area (Å²) in [6, 6.07) is 0. The highest BCUT2D eigenvalue weighted by Crippen LogP contribution is 2.26. The Labute approximate surface area is 181 Å². The van der Waals surface area contributed by atoms with Gasteiger partial charge in [0.15, 0.2) is 0 Å². The van der Waals surface area contributed by atoms with Crippen molar-refractivity contribution in [1.29, 1.82) is 0 Å². The summed E-state index contributed by atoms with van der Waals surface area (Å²) in [5.74, 6) is 0. The first kappa shape index (κ1) is 27.2. The topological polar surface area (TPSA) is 36.9 Å². The van der Waals surface area contributed by atoms with E-state index in [1.807, 2.05) is 27.7 Å². The van der Waals surface area contributed by atoms with Crippen molar-refractivity contribution in [2.24, 2.45) is 0 Å². The Morgan fingerprint density at radius 3 is 0.792 bits per heavy atom. The molecule has 0 heterocycles. The molecular formula is C12H20O4S8. The molecule has 0 aliphatic rings. The van der Waals surface area contributed by atoms with Gasteiger partial charge in [-0.1, -0.05) is 0 Å². The minimum absolute atomic E-state index is 0.490. The second-order valence-electron chi connectivity index (χ2n) is 3.07. The molecular weight excluding hydrogens is 465 g/mol. The predicted octanol–water partition coefficient (Wildman–Crippen LogP) is 6.02. The lowest BCUT2D eigenvalue weighted by Crippen LogP contribution is -1.97. The zero-order valence-electron chi connectivity index (χ0n) is 13.7. The molecule has 140 valence electrons. The maximum Gasteiger partial charge on any atom is 0.231 e. The lowest BCUT2D eigenvalue weighted by molar-refractivity contribution is 0.345. The number of ether oxygens (including phenoxy) is 4. The number of hydrogen-bond acceptors (Lipinski definition) is 12. The summed E-state index contributed by atoms with van der Waals surface area (Å²) in [7, 11) is 5.24. The normalized spacial score (nSPS) is 9.17. The SMILES string of the molecule is CCOC(=S)SSC(=S)OCC.CCOC(=S)SSC(=S)OCC. The van der Waals surface area contributed by atoms with Crippen molar-refractivity contribution in [3.05, 3.63) is 0 Å². The van der Waals surface area contributed by atoms with Gasteiger partial charge in [-0.15, -0.1) is 0 Å². The summed E-state index contributed by atoms with van der Waals surface area (Å²) < 4.78 is 22.1. The van der Waals surface area contributed by atoms with E-state index < -0.39 is 0 Å². The third-order valence-corrected chi connectivity index (χ3v) is 7.64. The second kappa shape index (κ2) is 20.3. The number of rotatable bonds is 4. The molecule has 0 spiro atoms. The molecule has 0 amide bonds. The van der Waals surface area contributed by atoms with Crippen molar-refractivity contribution in [2.75, 3.05) is 26.4 Å².